The molecule has 2 N–H and O–H groups in total. The minimum absolute atomic E-state index is 0.0662. The van der Waals surface area contributed by atoms with Crippen molar-refractivity contribution in [3.05, 3.63) is 53.7 Å². The van der Waals surface area contributed by atoms with Crippen molar-refractivity contribution in [1.29, 1.82) is 0 Å². The van der Waals surface area contributed by atoms with Crippen LogP contribution in [0.4, 0.5) is 11.5 Å². The molecule has 2 aromatic rings. The molecule has 0 aliphatic carbocycles. The number of amides is 2. The molecule has 1 saturated heterocycles. The fourth-order valence-electron chi connectivity index (χ4n) is 3.24. The summed E-state index contributed by atoms with van der Waals surface area (Å²) in [6.45, 7) is 8.68. The lowest BCUT2D eigenvalue weighted by Crippen LogP contribution is -2.47. The van der Waals surface area contributed by atoms with Crippen molar-refractivity contribution >= 4 is 23.3 Å². The number of carbonyl (C=O) groups excluding carboxylic acids is 2. The van der Waals surface area contributed by atoms with Crippen molar-refractivity contribution in [3.8, 4) is 0 Å². The number of rotatable bonds is 6. The summed E-state index contributed by atoms with van der Waals surface area (Å²) in [5.74, 6) is 0.281. The average Bonchev–Trinajstić information content (AvgIpc) is 2.73. The normalized spacial score (nSPS) is 15.1. The maximum atomic E-state index is 12.8. The number of benzene rings is 1. The molecule has 1 aliphatic rings. The molecule has 7 heteroatoms. The highest BCUT2D eigenvalue weighted by Gasteiger charge is 2.25. The van der Waals surface area contributed by atoms with Crippen LogP contribution in [-0.4, -0.2) is 49.1 Å². The van der Waals surface area contributed by atoms with Crippen LogP contribution in [0.15, 0.2) is 42.6 Å². The maximum Gasteiger partial charge on any atom is 0.252 e. The molecule has 1 aliphatic heterocycles. The predicted molar refractivity (Wildman–Crippen MR) is 113 cm³/mol. The van der Waals surface area contributed by atoms with Crippen LogP contribution in [0.5, 0.6) is 0 Å². The quantitative estimate of drug-likeness (QED) is 0.784. The fourth-order valence-corrected chi connectivity index (χ4v) is 3.24. The van der Waals surface area contributed by atoms with Gasteiger partial charge in [-0.25, -0.2) is 4.98 Å². The number of aromatic nitrogens is 1. The second-order valence-corrected chi connectivity index (χ2v) is 7.50. The molecule has 1 aromatic heterocycles. The van der Waals surface area contributed by atoms with E-state index in [1.807, 2.05) is 51.1 Å². The van der Waals surface area contributed by atoms with E-state index in [1.165, 1.54) is 0 Å². The monoisotopic (exact) mass is 396 g/mol. The van der Waals surface area contributed by atoms with Gasteiger partial charge in [0.25, 0.3) is 5.91 Å². The second kappa shape index (κ2) is 9.52. The number of nitrogens with zero attached hydrogens (tertiary/aromatic N) is 2. The SMILES string of the molecule is Cc1ccccc1C(=O)NC(C(=O)Nc1ccc(N2CCOCC2)nc1)C(C)C. The number of hydrogen-bond acceptors (Lipinski definition) is 5. The van der Waals surface area contributed by atoms with Crippen molar-refractivity contribution < 1.29 is 14.3 Å². The van der Waals surface area contributed by atoms with E-state index in [9.17, 15) is 9.59 Å². The Morgan fingerprint density at radius 2 is 1.83 bits per heavy atom. The van der Waals surface area contributed by atoms with E-state index in [4.69, 9.17) is 4.74 Å². The molecular formula is C22H28N4O3. The van der Waals surface area contributed by atoms with E-state index >= 15 is 0 Å². The Hall–Kier alpha value is -2.93. The van der Waals surface area contributed by atoms with Crippen LogP contribution < -0.4 is 15.5 Å². The Balaban J connectivity index is 1.65. The molecule has 1 atom stereocenters. The van der Waals surface area contributed by atoms with E-state index < -0.39 is 6.04 Å². The third-order valence-corrected chi connectivity index (χ3v) is 4.98. The molecule has 2 heterocycles. The third-order valence-electron chi connectivity index (χ3n) is 4.98. The molecular weight excluding hydrogens is 368 g/mol. The van der Waals surface area contributed by atoms with Crippen molar-refractivity contribution in [2.75, 3.05) is 36.5 Å². The molecule has 154 valence electrons. The number of pyridine rings is 1. The number of morpholine rings is 1. The second-order valence-electron chi connectivity index (χ2n) is 7.50. The van der Waals surface area contributed by atoms with E-state index in [1.54, 1.807) is 12.3 Å². The molecule has 0 spiro atoms. The number of hydrogen-bond donors (Lipinski definition) is 2. The van der Waals surface area contributed by atoms with Gasteiger partial charge in [0, 0.05) is 18.7 Å². The predicted octanol–water partition coefficient (Wildman–Crippen LogP) is 2.62. The molecule has 1 unspecified atom stereocenters. The Labute approximate surface area is 171 Å². The Kier molecular flexibility index (Phi) is 6.82. The number of aryl methyl sites for hydroxylation is 1. The van der Waals surface area contributed by atoms with Gasteiger partial charge in [-0.1, -0.05) is 32.0 Å². The summed E-state index contributed by atoms with van der Waals surface area (Å²) in [5, 5.41) is 5.73. The van der Waals surface area contributed by atoms with Gasteiger partial charge in [-0.2, -0.15) is 0 Å². The number of nitrogens with one attached hydrogen (secondary N) is 2. The topological polar surface area (TPSA) is 83.6 Å². The highest BCUT2D eigenvalue weighted by Crippen LogP contribution is 2.16. The van der Waals surface area contributed by atoms with Gasteiger partial charge in [0.2, 0.25) is 5.91 Å². The Morgan fingerprint density at radius 1 is 1.10 bits per heavy atom. The molecule has 0 radical (unpaired) electrons. The Morgan fingerprint density at radius 3 is 2.45 bits per heavy atom. The minimum Gasteiger partial charge on any atom is -0.378 e. The average molecular weight is 396 g/mol. The lowest BCUT2D eigenvalue weighted by atomic mass is 10.0. The molecule has 2 amide bonds. The lowest BCUT2D eigenvalue weighted by molar-refractivity contribution is -0.118. The summed E-state index contributed by atoms with van der Waals surface area (Å²) in [6, 6.07) is 10.4. The minimum atomic E-state index is -0.652. The van der Waals surface area contributed by atoms with Gasteiger partial charge in [-0.3, -0.25) is 9.59 Å². The summed E-state index contributed by atoms with van der Waals surface area (Å²) in [6.07, 6.45) is 1.64. The smallest absolute Gasteiger partial charge is 0.252 e. The number of carbonyl (C=O) groups is 2. The molecule has 7 nitrogen and oxygen atoms in total. The van der Waals surface area contributed by atoms with Crippen LogP contribution in [0.2, 0.25) is 0 Å². The summed E-state index contributed by atoms with van der Waals surface area (Å²) < 4.78 is 5.36. The number of anilines is 2. The van der Waals surface area contributed by atoms with E-state index in [0.717, 1.165) is 24.5 Å². The summed E-state index contributed by atoms with van der Waals surface area (Å²) in [5.41, 5.74) is 2.04. The standard InChI is InChI=1S/C22H28N4O3/c1-15(2)20(25-21(27)18-7-5-4-6-16(18)3)22(28)24-17-8-9-19(23-14-17)26-10-12-29-13-11-26/h4-9,14-15,20H,10-13H2,1-3H3,(H,24,28)(H,25,27). The van der Waals surface area contributed by atoms with E-state index in [0.29, 0.717) is 24.5 Å². The third kappa shape index (κ3) is 5.32. The zero-order valence-corrected chi connectivity index (χ0v) is 17.1. The van der Waals surface area contributed by atoms with Crippen LogP contribution in [0, 0.1) is 12.8 Å². The zero-order chi connectivity index (χ0) is 20.8. The molecule has 0 bridgehead atoms. The molecule has 3 rings (SSSR count). The summed E-state index contributed by atoms with van der Waals surface area (Å²) >= 11 is 0. The summed E-state index contributed by atoms with van der Waals surface area (Å²) in [4.78, 5) is 32.0. The molecule has 1 fully saturated rings. The van der Waals surface area contributed by atoms with Gasteiger partial charge in [0.1, 0.15) is 11.9 Å². The first-order chi connectivity index (χ1) is 14.0. The maximum absolute atomic E-state index is 12.8. The van der Waals surface area contributed by atoms with Gasteiger partial charge in [0.15, 0.2) is 0 Å². The highest BCUT2D eigenvalue weighted by atomic mass is 16.5. The van der Waals surface area contributed by atoms with Crippen LogP contribution >= 0.6 is 0 Å². The van der Waals surface area contributed by atoms with Crippen LogP contribution in [0.25, 0.3) is 0 Å². The van der Waals surface area contributed by atoms with Crippen molar-refractivity contribution in [1.82, 2.24) is 10.3 Å². The summed E-state index contributed by atoms with van der Waals surface area (Å²) in [7, 11) is 0. The molecule has 29 heavy (non-hydrogen) atoms. The highest BCUT2D eigenvalue weighted by molar-refractivity contribution is 6.01. The van der Waals surface area contributed by atoms with Gasteiger partial charge >= 0.3 is 0 Å². The van der Waals surface area contributed by atoms with Gasteiger partial charge in [-0.15, -0.1) is 0 Å². The van der Waals surface area contributed by atoms with Crippen molar-refractivity contribution in [2.45, 2.75) is 26.8 Å². The van der Waals surface area contributed by atoms with Crippen LogP contribution in [-0.2, 0) is 9.53 Å². The molecule has 1 aromatic carbocycles. The molecule has 0 saturated carbocycles. The van der Waals surface area contributed by atoms with E-state index in [-0.39, 0.29) is 17.7 Å². The zero-order valence-electron chi connectivity index (χ0n) is 17.1. The van der Waals surface area contributed by atoms with Gasteiger partial charge < -0.3 is 20.3 Å². The van der Waals surface area contributed by atoms with Crippen molar-refractivity contribution in [2.24, 2.45) is 5.92 Å². The first kappa shape index (κ1) is 20.8. The fraction of sp³-hybridized carbons (Fsp3) is 0.409. The lowest BCUT2D eigenvalue weighted by Gasteiger charge is -2.27. The number of ether oxygens (including phenoxy) is 1. The van der Waals surface area contributed by atoms with Crippen molar-refractivity contribution in [3.63, 3.8) is 0 Å². The Bertz CT molecular complexity index is 845. The first-order valence-corrected chi connectivity index (χ1v) is 9.92. The van der Waals surface area contributed by atoms with Crippen LogP contribution in [0.3, 0.4) is 0 Å². The largest absolute Gasteiger partial charge is 0.378 e. The van der Waals surface area contributed by atoms with Gasteiger partial charge in [-0.05, 0) is 36.6 Å². The first-order valence-electron chi connectivity index (χ1n) is 9.92. The van der Waals surface area contributed by atoms with Gasteiger partial charge in [0.05, 0.1) is 25.1 Å². The van der Waals surface area contributed by atoms with Crippen LogP contribution in [0.1, 0.15) is 29.8 Å². The van der Waals surface area contributed by atoms with E-state index in [2.05, 4.69) is 20.5 Å².